The number of imidazole rings is 1. The number of hydrogen-bond acceptors (Lipinski definition) is 7. The molecule has 0 radical (unpaired) electrons. The first-order valence-corrected chi connectivity index (χ1v) is 10.7. The van der Waals surface area contributed by atoms with E-state index < -0.39 is 22.2 Å². The Balaban J connectivity index is 1.44. The minimum absolute atomic E-state index is 0.121. The van der Waals surface area contributed by atoms with Crippen molar-refractivity contribution < 1.29 is 23.2 Å². The molecule has 1 aromatic carbocycles. The van der Waals surface area contributed by atoms with Crippen LogP contribution < -0.4 is 0 Å². The van der Waals surface area contributed by atoms with Gasteiger partial charge in [-0.3, -0.25) is 0 Å². The highest BCUT2D eigenvalue weighted by Gasteiger charge is 2.35. The molecule has 3 heterocycles. The second-order valence-electron chi connectivity index (χ2n) is 7.02. The molecule has 1 aliphatic heterocycles. The summed E-state index contributed by atoms with van der Waals surface area (Å²) in [5, 5.41) is 23.0. The molecule has 0 bridgehead atoms. The Morgan fingerprint density at radius 1 is 1.27 bits per heavy atom. The monoisotopic (exact) mass is 428 g/mol. The molecule has 10 heteroatoms. The van der Waals surface area contributed by atoms with Crippen molar-refractivity contribution in [3.05, 3.63) is 65.6 Å². The van der Waals surface area contributed by atoms with Gasteiger partial charge < -0.3 is 19.3 Å². The maximum absolute atomic E-state index is 12.4. The van der Waals surface area contributed by atoms with E-state index in [0.29, 0.717) is 29.4 Å². The lowest BCUT2D eigenvalue weighted by atomic mass is 10.2. The molecule has 0 aliphatic carbocycles. The van der Waals surface area contributed by atoms with Crippen LogP contribution in [0, 0.1) is 11.8 Å². The average Bonchev–Trinajstić information content (AvgIpc) is 3.34. The van der Waals surface area contributed by atoms with Gasteiger partial charge in [0.25, 0.3) is 0 Å². The number of nitrogens with zero attached hydrogens (tertiary/aromatic N) is 4. The fourth-order valence-electron chi connectivity index (χ4n) is 3.05. The Kier molecular flexibility index (Phi) is 5.44. The van der Waals surface area contributed by atoms with Gasteiger partial charge in [-0.15, -0.1) is 0 Å². The normalized spacial score (nSPS) is 16.0. The van der Waals surface area contributed by atoms with Crippen molar-refractivity contribution in [2.24, 2.45) is 0 Å². The highest BCUT2D eigenvalue weighted by molar-refractivity contribution is 7.89. The smallest absolute Gasteiger partial charge is 0.243 e. The molecule has 0 saturated carbocycles. The van der Waals surface area contributed by atoms with Crippen LogP contribution in [0.2, 0.25) is 0 Å². The van der Waals surface area contributed by atoms with E-state index in [1.54, 1.807) is 42.1 Å². The van der Waals surface area contributed by atoms with E-state index in [1.165, 1.54) is 16.4 Å². The summed E-state index contributed by atoms with van der Waals surface area (Å²) in [6.07, 6.45) is 2.07. The minimum Gasteiger partial charge on any atom is -0.390 e. The second kappa shape index (κ2) is 8.04. The van der Waals surface area contributed by atoms with E-state index in [1.807, 2.05) is 0 Å². The van der Waals surface area contributed by atoms with Crippen molar-refractivity contribution in [3.8, 4) is 11.8 Å². The molecule has 4 rings (SSSR count). The molecule has 156 valence electrons. The fraction of sp³-hybridized carbons (Fsp3) is 0.300. The Hall–Kier alpha value is -2.97. The summed E-state index contributed by atoms with van der Waals surface area (Å²) in [4.78, 5) is 4.27. The number of benzene rings is 1. The molecular formula is C20H20N4O5S. The number of aliphatic hydroxyl groups excluding tert-OH is 2. The van der Waals surface area contributed by atoms with E-state index >= 15 is 0 Å². The van der Waals surface area contributed by atoms with Crippen LogP contribution in [0.3, 0.4) is 0 Å². The van der Waals surface area contributed by atoms with Crippen molar-refractivity contribution in [3.63, 3.8) is 0 Å². The average molecular weight is 428 g/mol. The zero-order valence-corrected chi connectivity index (χ0v) is 17.0. The maximum Gasteiger partial charge on any atom is 0.243 e. The van der Waals surface area contributed by atoms with Gasteiger partial charge in [-0.2, -0.15) is 4.31 Å². The van der Waals surface area contributed by atoms with Gasteiger partial charge >= 0.3 is 0 Å². The van der Waals surface area contributed by atoms with Gasteiger partial charge in [0.05, 0.1) is 17.5 Å². The zero-order valence-electron chi connectivity index (χ0n) is 16.1. The lowest BCUT2D eigenvalue weighted by Crippen LogP contribution is -2.53. The van der Waals surface area contributed by atoms with Gasteiger partial charge in [0, 0.05) is 37.1 Å². The van der Waals surface area contributed by atoms with Crippen molar-refractivity contribution in [2.75, 3.05) is 13.1 Å². The number of aliphatic hydroxyl groups is 2. The van der Waals surface area contributed by atoms with Crippen molar-refractivity contribution in [2.45, 2.75) is 30.6 Å². The van der Waals surface area contributed by atoms with Crippen molar-refractivity contribution in [1.29, 1.82) is 0 Å². The lowest BCUT2D eigenvalue weighted by Gasteiger charge is -2.34. The highest BCUT2D eigenvalue weighted by Crippen LogP contribution is 2.21. The molecule has 3 aromatic rings. The van der Waals surface area contributed by atoms with Crippen LogP contribution in [0.15, 0.2) is 52.1 Å². The fourth-order valence-corrected chi connectivity index (χ4v) is 4.56. The first-order valence-electron chi connectivity index (χ1n) is 9.28. The largest absolute Gasteiger partial charge is 0.390 e. The first-order chi connectivity index (χ1) is 14.3. The topological polar surface area (TPSA) is 122 Å². The standard InChI is InChI=1S/C20H20N4O5S/c1-14(25)20-21-8-9-23(20)11-16-10-18(29-22-16)5-2-15-3-6-19(7-4-15)30(27,28)24-12-17(26)13-24/h3-4,6-10,14,17,25-26H,11-13H2,1H3/t14-/m0/s1. The van der Waals surface area contributed by atoms with Gasteiger partial charge in [0.1, 0.15) is 17.6 Å². The Morgan fingerprint density at radius 2 is 2.00 bits per heavy atom. The number of rotatable bonds is 5. The molecule has 30 heavy (non-hydrogen) atoms. The first kappa shape index (κ1) is 20.3. The summed E-state index contributed by atoms with van der Waals surface area (Å²) in [6.45, 7) is 2.27. The van der Waals surface area contributed by atoms with E-state index in [-0.39, 0.29) is 18.0 Å². The van der Waals surface area contributed by atoms with Crippen LogP contribution in [0.1, 0.15) is 35.9 Å². The summed E-state index contributed by atoms with van der Waals surface area (Å²) in [6, 6.07) is 7.92. The summed E-state index contributed by atoms with van der Waals surface area (Å²) in [7, 11) is -3.58. The summed E-state index contributed by atoms with van der Waals surface area (Å²) < 4.78 is 33.0. The van der Waals surface area contributed by atoms with Crippen molar-refractivity contribution >= 4 is 10.0 Å². The molecule has 0 unspecified atom stereocenters. The third kappa shape index (κ3) is 4.15. The minimum atomic E-state index is -3.58. The number of hydrogen-bond donors (Lipinski definition) is 2. The molecular weight excluding hydrogens is 408 g/mol. The number of aromatic nitrogens is 3. The summed E-state index contributed by atoms with van der Waals surface area (Å²) >= 11 is 0. The van der Waals surface area contributed by atoms with Crippen LogP contribution >= 0.6 is 0 Å². The molecule has 1 fully saturated rings. The molecule has 2 aromatic heterocycles. The number of β-amino-alcohol motifs (C(OH)–C–C–N with tert-alkyl or cyclic N) is 1. The lowest BCUT2D eigenvalue weighted by molar-refractivity contribution is 0.0548. The Bertz CT molecular complexity index is 1200. The van der Waals surface area contributed by atoms with Crippen molar-refractivity contribution in [1.82, 2.24) is 19.0 Å². The SMILES string of the molecule is C[C@H](O)c1nccn1Cc1cc(C#Cc2ccc(S(=O)(=O)N3CC(O)C3)cc2)on1. The Labute approximate surface area is 173 Å². The summed E-state index contributed by atoms with van der Waals surface area (Å²) in [5.74, 6) is 6.68. The molecule has 1 aliphatic rings. The maximum atomic E-state index is 12.4. The molecule has 9 nitrogen and oxygen atoms in total. The van der Waals surface area contributed by atoms with Gasteiger partial charge in [-0.25, -0.2) is 13.4 Å². The molecule has 0 spiro atoms. The second-order valence-corrected chi connectivity index (χ2v) is 8.96. The van der Waals surface area contributed by atoms with Gasteiger partial charge in [-0.1, -0.05) is 11.1 Å². The third-order valence-corrected chi connectivity index (χ3v) is 6.51. The third-order valence-electron chi connectivity index (χ3n) is 4.66. The molecule has 0 amide bonds. The predicted molar refractivity (Wildman–Crippen MR) is 106 cm³/mol. The number of sulfonamides is 1. The zero-order chi connectivity index (χ0) is 21.3. The summed E-state index contributed by atoms with van der Waals surface area (Å²) in [5.41, 5.74) is 1.26. The van der Waals surface area contributed by atoms with Gasteiger partial charge in [-0.05, 0) is 37.1 Å². The van der Waals surface area contributed by atoms with E-state index in [4.69, 9.17) is 4.52 Å². The van der Waals surface area contributed by atoms with Crippen LogP contribution in [-0.2, 0) is 16.6 Å². The quantitative estimate of drug-likeness (QED) is 0.575. The van der Waals surface area contributed by atoms with Crippen LogP contribution in [0.4, 0.5) is 0 Å². The highest BCUT2D eigenvalue weighted by atomic mass is 32.2. The van der Waals surface area contributed by atoms with E-state index in [9.17, 15) is 18.6 Å². The van der Waals surface area contributed by atoms with Crippen LogP contribution in [0.25, 0.3) is 0 Å². The van der Waals surface area contributed by atoms with Crippen LogP contribution in [0.5, 0.6) is 0 Å². The van der Waals surface area contributed by atoms with Crippen LogP contribution in [-0.4, -0.2) is 56.8 Å². The molecule has 2 N–H and O–H groups in total. The molecule has 1 saturated heterocycles. The van der Waals surface area contributed by atoms with Gasteiger partial charge in [0.2, 0.25) is 15.8 Å². The van der Waals surface area contributed by atoms with E-state index in [2.05, 4.69) is 22.0 Å². The predicted octanol–water partition coefficient (Wildman–Crippen LogP) is 0.738. The van der Waals surface area contributed by atoms with Gasteiger partial charge in [0.15, 0.2) is 0 Å². The Morgan fingerprint density at radius 3 is 2.67 bits per heavy atom. The molecule has 1 atom stereocenters. The van der Waals surface area contributed by atoms with E-state index in [0.717, 1.165) is 0 Å².